The summed E-state index contributed by atoms with van der Waals surface area (Å²) in [7, 11) is 0. The number of nitriles is 1. The monoisotopic (exact) mass is 469 g/mol. The van der Waals surface area contributed by atoms with Gasteiger partial charge in [-0.05, 0) is 40.8 Å². The van der Waals surface area contributed by atoms with Gasteiger partial charge in [0.15, 0.2) is 0 Å². The zero-order valence-electron chi connectivity index (χ0n) is 18.9. The minimum absolute atomic E-state index is 0.0255. The lowest BCUT2D eigenvalue weighted by atomic mass is 9.98. The quantitative estimate of drug-likeness (QED) is 0.476. The minimum Gasteiger partial charge on any atom is -0.481 e. The van der Waals surface area contributed by atoms with Crippen molar-refractivity contribution in [2.75, 3.05) is 11.9 Å². The third kappa shape index (κ3) is 4.99. The van der Waals surface area contributed by atoms with Crippen molar-refractivity contribution in [1.29, 1.82) is 5.26 Å². The Hall–Kier alpha value is -4.64. The molecule has 1 unspecified atom stereocenters. The lowest BCUT2D eigenvalue weighted by Crippen LogP contribution is -2.45. The highest BCUT2D eigenvalue weighted by Crippen LogP contribution is 2.44. The van der Waals surface area contributed by atoms with Crippen LogP contribution in [0.1, 0.15) is 34.6 Å². The smallest absolute Gasteiger partial charge is 0.407 e. The first-order valence-electron chi connectivity index (χ1n) is 11.0. The Labute approximate surface area is 202 Å². The molecule has 0 radical (unpaired) electrons. The van der Waals surface area contributed by atoms with Crippen molar-refractivity contribution in [1.82, 2.24) is 5.32 Å². The number of carbonyl (C=O) groups is 3. The maximum absolute atomic E-state index is 12.8. The molecule has 176 valence electrons. The van der Waals surface area contributed by atoms with Crippen LogP contribution in [0.2, 0.25) is 0 Å². The van der Waals surface area contributed by atoms with E-state index in [4.69, 9.17) is 4.74 Å². The van der Waals surface area contributed by atoms with Gasteiger partial charge in [0.1, 0.15) is 18.7 Å². The Balaban J connectivity index is 1.45. The van der Waals surface area contributed by atoms with Crippen LogP contribution in [0.4, 0.5) is 10.5 Å². The van der Waals surface area contributed by atoms with Gasteiger partial charge in [0.25, 0.3) is 0 Å². The molecule has 1 aliphatic rings. The molecule has 1 atom stereocenters. The van der Waals surface area contributed by atoms with Gasteiger partial charge in [-0.1, -0.05) is 60.7 Å². The van der Waals surface area contributed by atoms with Gasteiger partial charge in [-0.2, -0.15) is 5.26 Å². The maximum Gasteiger partial charge on any atom is 0.407 e. The first-order chi connectivity index (χ1) is 16.9. The van der Waals surface area contributed by atoms with E-state index in [0.29, 0.717) is 5.56 Å². The highest BCUT2D eigenvalue weighted by Gasteiger charge is 2.30. The molecule has 3 aromatic rings. The summed E-state index contributed by atoms with van der Waals surface area (Å²) >= 11 is 0. The third-order valence-electron chi connectivity index (χ3n) is 5.97. The summed E-state index contributed by atoms with van der Waals surface area (Å²) in [5.74, 6) is -2.21. The number of hydrogen-bond acceptors (Lipinski definition) is 5. The number of benzene rings is 3. The molecule has 0 bridgehead atoms. The number of ether oxygens (including phenoxy) is 1. The summed E-state index contributed by atoms with van der Waals surface area (Å²) < 4.78 is 5.44. The van der Waals surface area contributed by atoms with Crippen LogP contribution in [0.15, 0.2) is 66.7 Å². The Morgan fingerprint density at radius 3 is 2.23 bits per heavy atom. The topological polar surface area (TPSA) is 129 Å². The van der Waals surface area contributed by atoms with E-state index in [1.54, 1.807) is 19.1 Å². The lowest BCUT2D eigenvalue weighted by molar-refractivity contribution is -0.139. The largest absolute Gasteiger partial charge is 0.481 e. The van der Waals surface area contributed by atoms with Gasteiger partial charge in [0, 0.05) is 5.92 Å². The molecule has 2 amide bonds. The summed E-state index contributed by atoms with van der Waals surface area (Å²) in [6.45, 7) is 1.75. The number of rotatable bonds is 7. The highest BCUT2D eigenvalue weighted by molar-refractivity contribution is 5.99. The molecule has 35 heavy (non-hydrogen) atoms. The van der Waals surface area contributed by atoms with E-state index < -0.39 is 30.4 Å². The van der Waals surface area contributed by atoms with Gasteiger partial charge in [0.2, 0.25) is 5.91 Å². The number of nitrogens with one attached hydrogen (secondary N) is 2. The van der Waals surface area contributed by atoms with Crippen molar-refractivity contribution in [2.45, 2.75) is 25.3 Å². The summed E-state index contributed by atoms with van der Waals surface area (Å²) in [6, 6.07) is 21.3. The predicted molar refractivity (Wildman–Crippen MR) is 129 cm³/mol. The van der Waals surface area contributed by atoms with Gasteiger partial charge in [0.05, 0.1) is 17.7 Å². The fourth-order valence-electron chi connectivity index (χ4n) is 4.31. The van der Waals surface area contributed by atoms with Crippen LogP contribution < -0.4 is 10.6 Å². The molecule has 0 aromatic heterocycles. The molecule has 1 aliphatic carbocycles. The van der Waals surface area contributed by atoms with Crippen LogP contribution in [0, 0.1) is 18.3 Å². The highest BCUT2D eigenvalue weighted by atomic mass is 16.5. The van der Waals surface area contributed by atoms with Crippen LogP contribution in [-0.2, 0) is 14.3 Å². The van der Waals surface area contributed by atoms with Gasteiger partial charge < -0.3 is 20.5 Å². The third-order valence-corrected chi connectivity index (χ3v) is 5.97. The van der Waals surface area contributed by atoms with Gasteiger partial charge >= 0.3 is 12.1 Å². The molecule has 4 rings (SSSR count). The van der Waals surface area contributed by atoms with Gasteiger partial charge in [-0.25, -0.2) is 4.79 Å². The molecule has 8 nitrogen and oxygen atoms in total. The number of fused-ring (bicyclic) bond motifs is 3. The predicted octanol–water partition coefficient (Wildman–Crippen LogP) is 4.19. The van der Waals surface area contributed by atoms with Gasteiger partial charge in [-0.15, -0.1) is 0 Å². The second-order valence-electron chi connectivity index (χ2n) is 8.22. The van der Waals surface area contributed by atoms with Crippen molar-refractivity contribution >= 4 is 23.7 Å². The van der Waals surface area contributed by atoms with Crippen LogP contribution in [0.5, 0.6) is 0 Å². The van der Waals surface area contributed by atoms with Crippen molar-refractivity contribution in [2.24, 2.45) is 0 Å². The second-order valence-corrected chi connectivity index (χ2v) is 8.22. The van der Waals surface area contributed by atoms with Crippen molar-refractivity contribution in [3.05, 3.63) is 89.0 Å². The first kappa shape index (κ1) is 23.5. The fraction of sp³-hybridized carbons (Fsp3) is 0.185. The van der Waals surface area contributed by atoms with Crippen LogP contribution in [0.25, 0.3) is 11.1 Å². The van der Waals surface area contributed by atoms with Crippen molar-refractivity contribution in [3.8, 4) is 17.2 Å². The zero-order chi connectivity index (χ0) is 24.9. The number of aliphatic carboxylic acids is 1. The lowest BCUT2D eigenvalue weighted by Gasteiger charge is -2.19. The minimum atomic E-state index is -1.39. The molecule has 0 aliphatic heterocycles. The summed E-state index contributed by atoms with van der Waals surface area (Å²) in [5, 5.41) is 23.5. The Morgan fingerprint density at radius 1 is 1.00 bits per heavy atom. The molecule has 3 aromatic carbocycles. The molecule has 8 heteroatoms. The summed E-state index contributed by atoms with van der Waals surface area (Å²) in [4.78, 5) is 36.7. The molecular weight excluding hydrogens is 446 g/mol. The number of carbonyl (C=O) groups excluding carboxylic acids is 2. The Kier molecular flexibility index (Phi) is 6.78. The Morgan fingerprint density at radius 2 is 1.63 bits per heavy atom. The average molecular weight is 469 g/mol. The number of carboxylic acids is 1. The van der Waals surface area contributed by atoms with Crippen LogP contribution in [-0.4, -0.2) is 35.7 Å². The zero-order valence-corrected chi connectivity index (χ0v) is 18.9. The van der Waals surface area contributed by atoms with Crippen LogP contribution >= 0.6 is 0 Å². The number of aryl methyl sites for hydroxylation is 1. The van der Waals surface area contributed by atoms with E-state index in [9.17, 15) is 24.8 Å². The Bertz CT molecular complexity index is 1300. The number of nitrogens with zero attached hydrogens (tertiary/aromatic N) is 1. The normalized spacial score (nSPS) is 12.6. The van der Waals surface area contributed by atoms with E-state index in [2.05, 4.69) is 10.6 Å². The van der Waals surface area contributed by atoms with E-state index in [1.807, 2.05) is 54.6 Å². The number of anilines is 1. The molecule has 0 spiro atoms. The molecule has 0 fully saturated rings. The number of alkyl carbamates (subject to hydrolysis) is 1. The summed E-state index contributed by atoms with van der Waals surface area (Å²) in [5.41, 5.74) is 5.37. The molecule has 0 saturated heterocycles. The van der Waals surface area contributed by atoms with E-state index in [0.717, 1.165) is 22.3 Å². The standard InChI is InChI=1S/C27H23N3O5/c1-16-7-6-12-23(21(16)14-28)29-26(33)24(13-25(31)32)30-27(34)35-15-22-19-10-4-2-8-17(19)18-9-3-5-11-20(18)22/h2-12,22,24H,13,15H2,1H3,(H,29,33)(H,30,34)(H,31,32). The van der Waals surface area contributed by atoms with Crippen LogP contribution in [0.3, 0.4) is 0 Å². The molecule has 3 N–H and O–H groups in total. The second kappa shape index (κ2) is 10.1. The van der Waals surface area contributed by atoms with E-state index in [-0.39, 0.29) is 23.8 Å². The summed E-state index contributed by atoms with van der Waals surface area (Å²) in [6.07, 6.45) is -1.55. The maximum atomic E-state index is 12.8. The molecule has 0 saturated carbocycles. The molecular formula is C27H23N3O5. The SMILES string of the molecule is Cc1cccc(NC(=O)C(CC(=O)O)NC(=O)OCC2c3ccccc3-c3ccccc32)c1C#N. The van der Waals surface area contributed by atoms with Crippen molar-refractivity contribution < 1.29 is 24.2 Å². The fourth-order valence-corrected chi connectivity index (χ4v) is 4.31. The number of amides is 2. The van der Waals surface area contributed by atoms with Gasteiger partial charge in [-0.3, -0.25) is 9.59 Å². The van der Waals surface area contributed by atoms with Crippen molar-refractivity contribution in [3.63, 3.8) is 0 Å². The van der Waals surface area contributed by atoms with E-state index in [1.165, 1.54) is 6.07 Å². The van der Waals surface area contributed by atoms with E-state index >= 15 is 0 Å². The molecule has 0 heterocycles. The average Bonchev–Trinajstić information content (AvgIpc) is 3.16. The first-order valence-corrected chi connectivity index (χ1v) is 11.0. The number of hydrogen-bond donors (Lipinski definition) is 3. The number of carboxylic acid groups (broad SMARTS) is 1.